The van der Waals surface area contributed by atoms with Gasteiger partial charge in [-0.3, -0.25) is 4.57 Å². The zero-order chi connectivity index (χ0) is 13.1. The molecule has 1 aromatic heterocycles. The van der Waals surface area contributed by atoms with E-state index in [1.165, 1.54) is 32.1 Å². The molecule has 2 rings (SSSR count). The van der Waals surface area contributed by atoms with Crippen molar-refractivity contribution in [2.75, 3.05) is 18.5 Å². The summed E-state index contributed by atoms with van der Waals surface area (Å²) in [6.07, 6.45) is 6.28. The zero-order valence-corrected chi connectivity index (χ0v) is 12.5. The summed E-state index contributed by atoms with van der Waals surface area (Å²) in [4.78, 5) is 2.23. The van der Waals surface area contributed by atoms with E-state index in [0.29, 0.717) is 12.0 Å². The van der Waals surface area contributed by atoms with Crippen LogP contribution in [0, 0.1) is 10.7 Å². The van der Waals surface area contributed by atoms with E-state index in [-0.39, 0.29) is 0 Å². The number of aromatic nitrogens is 3. The molecule has 5 heteroatoms. The minimum absolute atomic E-state index is 0.547. The highest BCUT2D eigenvalue weighted by Gasteiger charge is 2.23. The van der Waals surface area contributed by atoms with Crippen molar-refractivity contribution in [3.8, 4) is 0 Å². The van der Waals surface area contributed by atoms with Gasteiger partial charge in [0.1, 0.15) is 0 Å². The number of hydrogen-bond acceptors (Lipinski definition) is 3. The molecule has 0 bridgehead atoms. The Morgan fingerprint density at radius 1 is 1.50 bits per heavy atom. The quantitative estimate of drug-likeness (QED) is 0.830. The van der Waals surface area contributed by atoms with Gasteiger partial charge in [-0.1, -0.05) is 33.1 Å². The average Bonchev–Trinajstić information content (AvgIpc) is 2.97. The molecule has 0 aromatic carbocycles. The topological polar surface area (TPSA) is 36.9 Å². The molecule has 4 nitrogen and oxygen atoms in total. The van der Waals surface area contributed by atoms with E-state index in [1.807, 2.05) is 0 Å². The predicted molar refractivity (Wildman–Crippen MR) is 77.6 cm³/mol. The van der Waals surface area contributed by atoms with Crippen molar-refractivity contribution in [2.24, 2.45) is 5.92 Å². The summed E-state index contributed by atoms with van der Waals surface area (Å²) in [5, 5.41) is 7.38. The second kappa shape index (κ2) is 5.87. The molecule has 1 atom stereocenters. The maximum atomic E-state index is 5.39. The molecule has 1 unspecified atom stereocenters. The normalized spacial score (nSPS) is 18.2. The number of nitrogens with zero attached hydrogens (tertiary/aromatic N) is 3. The monoisotopic (exact) mass is 268 g/mol. The second-order valence-corrected chi connectivity index (χ2v) is 5.92. The van der Waals surface area contributed by atoms with Gasteiger partial charge >= 0.3 is 0 Å². The highest BCUT2D eigenvalue weighted by molar-refractivity contribution is 7.71. The van der Waals surface area contributed by atoms with E-state index in [4.69, 9.17) is 12.2 Å². The molecule has 0 amide bonds. The lowest BCUT2D eigenvalue weighted by Gasteiger charge is -2.24. The summed E-state index contributed by atoms with van der Waals surface area (Å²) in [6.45, 7) is 5.53. The van der Waals surface area contributed by atoms with Gasteiger partial charge in [0, 0.05) is 19.6 Å². The highest BCUT2D eigenvalue weighted by Crippen LogP contribution is 2.32. The van der Waals surface area contributed by atoms with Crippen LogP contribution in [0.3, 0.4) is 0 Å². The summed E-state index contributed by atoms with van der Waals surface area (Å²) in [7, 11) is 2.11. The van der Waals surface area contributed by atoms with E-state index >= 15 is 0 Å². The fraction of sp³-hybridized carbons (Fsp3) is 0.846. The van der Waals surface area contributed by atoms with Crippen LogP contribution in [-0.2, 0) is 0 Å². The third-order valence-corrected chi connectivity index (χ3v) is 4.29. The smallest absolute Gasteiger partial charge is 0.225 e. The molecule has 1 aromatic rings. The number of rotatable bonds is 5. The summed E-state index contributed by atoms with van der Waals surface area (Å²) >= 11 is 5.39. The van der Waals surface area contributed by atoms with Crippen LogP contribution in [0.4, 0.5) is 5.95 Å². The van der Waals surface area contributed by atoms with Crippen molar-refractivity contribution in [1.82, 2.24) is 14.8 Å². The summed E-state index contributed by atoms with van der Waals surface area (Å²) in [5.41, 5.74) is 0. The second-order valence-electron chi connectivity index (χ2n) is 5.53. The number of anilines is 1. The van der Waals surface area contributed by atoms with Gasteiger partial charge in [-0.05, 0) is 31.0 Å². The van der Waals surface area contributed by atoms with E-state index in [2.05, 4.69) is 40.6 Å². The van der Waals surface area contributed by atoms with Crippen molar-refractivity contribution in [2.45, 2.75) is 52.0 Å². The molecule has 1 N–H and O–H groups in total. The Morgan fingerprint density at radius 2 is 2.17 bits per heavy atom. The Hall–Kier alpha value is -0.840. The van der Waals surface area contributed by atoms with Gasteiger partial charge in [0.05, 0.1) is 0 Å². The fourth-order valence-electron chi connectivity index (χ4n) is 2.74. The minimum atomic E-state index is 0.547. The van der Waals surface area contributed by atoms with Crippen molar-refractivity contribution in [3.05, 3.63) is 4.77 Å². The Morgan fingerprint density at radius 3 is 2.78 bits per heavy atom. The number of hydrogen-bond donors (Lipinski definition) is 1. The third-order valence-electron chi connectivity index (χ3n) is 4.00. The molecule has 1 heterocycles. The van der Waals surface area contributed by atoms with E-state index in [0.717, 1.165) is 17.3 Å². The van der Waals surface area contributed by atoms with Crippen molar-refractivity contribution < 1.29 is 0 Å². The van der Waals surface area contributed by atoms with E-state index in [1.54, 1.807) is 0 Å². The molecule has 0 saturated heterocycles. The first-order chi connectivity index (χ1) is 8.63. The molecular weight excluding hydrogens is 244 g/mol. The molecule has 1 fully saturated rings. The van der Waals surface area contributed by atoms with Crippen LogP contribution in [0.1, 0.15) is 52.0 Å². The summed E-state index contributed by atoms with van der Waals surface area (Å²) in [5.74, 6) is 1.68. The van der Waals surface area contributed by atoms with Crippen LogP contribution in [0.2, 0.25) is 0 Å². The third kappa shape index (κ3) is 2.76. The van der Waals surface area contributed by atoms with E-state index < -0.39 is 0 Å². The molecular formula is C13H24N4S. The van der Waals surface area contributed by atoms with Gasteiger partial charge < -0.3 is 4.90 Å². The lowest BCUT2D eigenvalue weighted by Crippen LogP contribution is -2.27. The maximum absolute atomic E-state index is 5.39. The zero-order valence-electron chi connectivity index (χ0n) is 11.6. The Kier molecular flexibility index (Phi) is 4.43. The standard InChI is InChI=1S/C13H24N4S/c1-4-10(2)9-16(3)12-14-15-13(18)17(12)11-7-5-6-8-11/h10-11H,4-9H2,1-3H3,(H,15,18). The first-order valence-corrected chi connectivity index (χ1v) is 7.42. The van der Waals surface area contributed by atoms with Crippen molar-refractivity contribution >= 4 is 18.2 Å². The molecule has 1 saturated carbocycles. The molecule has 18 heavy (non-hydrogen) atoms. The van der Waals surface area contributed by atoms with Gasteiger partial charge in [0.2, 0.25) is 5.95 Å². The first-order valence-electron chi connectivity index (χ1n) is 7.01. The molecule has 0 aliphatic heterocycles. The van der Waals surface area contributed by atoms with Gasteiger partial charge in [-0.2, -0.15) is 0 Å². The van der Waals surface area contributed by atoms with Crippen molar-refractivity contribution in [1.29, 1.82) is 0 Å². The predicted octanol–water partition coefficient (Wildman–Crippen LogP) is 3.54. The molecule has 0 radical (unpaired) electrons. The largest absolute Gasteiger partial charge is 0.344 e. The van der Waals surface area contributed by atoms with E-state index in [9.17, 15) is 0 Å². The highest BCUT2D eigenvalue weighted by atomic mass is 32.1. The molecule has 1 aliphatic rings. The number of nitrogens with one attached hydrogen (secondary N) is 1. The Labute approximate surface area is 114 Å². The number of aromatic amines is 1. The van der Waals surface area contributed by atoms with Crippen LogP contribution in [0.5, 0.6) is 0 Å². The van der Waals surface area contributed by atoms with Crippen LogP contribution in [0.25, 0.3) is 0 Å². The van der Waals surface area contributed by atoms with Gasteiger partial charge in [-0.15, -0.1) is 5.10 Å². The number of H-pyrrole nitrogens is 1. The first kappa shape index (κ1) is 13.6. The summed E-state index contributed by atoms with van der Waals surface area (Å²) < 4.78 is 3.00. The average molecular weight is 268 g/mol. The van der Waals surface area contributed by atoms with Gasteiger partial charge in [-0.25, -0.2) is 5.10 Å². The Bertz CT molecular complexity index is 430. The van der Waals surface area contributed by atoms with Crippen molar-refractivity contribution in [3.63, 3.8) is 0 Å². The van der Waals surface area contributed by atoms with Crippen LogP contribution in [-0.4, -0.2) is 28.4 Å². The molecule has 0 spiro atoms. The van der Waals surface area contributed by atoms with Gasteiger partial charge in [0.15, 0.2) is 4.77 Å². The SMILES string of the molecule is CCC(C)CN(C)c1n[nH]c(=S)n1C1CCCC1. The van der Waals surface area contributed by atoms with Crippen LogP contribution < -0.4 is 4.90 Å². The minimum Gasteiger partial charge on any atom is -0.344 e. The van der Waals surface area contributed by atoms with Crippen LogP contribution in [0.15, 0.2) is 0 Å². The fourth-order valence-corrected chi connectivity index (χ4v) is 3.01. The van der Waals surface area contributed by atoms with Crippen LogP contribution >= 0.6 is 12.2 Å². The molecule has 102 valence electrons. The summed E-state index contributed by atoms with van der Waals surface area (Å²) in [6, 6.07) is 0.547. The lowest BCUT2D eigenvalue weighted by molar-refractivity contribution is 0.496. The maximum Gasteiger partial charge on any atom is 0.225 e. The lowest BCUT2D eigenvalue weighted by atomic mass is 10.1. The Balaban J connectivity index is 2.19. The van der Waals surface area contributed by atoms with Gasteiger partial charge in [0.25, 0.3) is 0 Å². The molecule has 1 aliphatic carbocycles.